The van der Waals surface area contributed by atoms with Gasteiger partial charge in [0.05, 0.1) is 5.92 Å². The molecule has 5 nitrogen and oxygen atoms in total. The number of carbonyl (C=O) groups is 2. The van der Waals surface area contributed by atoms with E-state index in [0.717, 1.165) is 28.5 Å². The summed E-state index contributed by atoms with van der Waals surface area (Å²) in [5.41, 5.74) is 1.61. The Morgan fingerprint density at radius 3 is 2.88 bits per heavy atom. The second-order valence-corrected chi connectivity index (χ2v) is 7.87. The first-order chi connectivity index (χ1) is 12.6. The van der Waals surface area contributed by atoms with Crippen molar-refractivity contribution in [2.45, 2.75) is 26.2 Å². The first kappa shape index (κ1) is 18.9. The number of hydrogen-bond donors (Lipinski definition) is 1. The molecule has 0 bridgehead atoms. The Kier molecular flexibility index (Phi) is 6.34. The molecule has 2 heterocycles. The largest absolute Gasteiger partial charge is 0.356 e. The number of benzene rings is 1. The van der Waals surface area contributed by atoms with Crippen molar-refractivity contribution in [1.29, 1.82) is 0 Å². The number of nitrogens with one attached hydrogen (secondary N) is 1. The first-order valence-electron chi connectivity index (χ1n) is 9.10. The van der Waals surface area contributed by atoms with Crippen LogP contribution in [-0.2, 0) is 4.79 Å². The lowest BCUT2D eigenvalue weighted by atomic mass is 9.97. The van der Waals surface area contributed by atoms with Crippen LogP contribution in [0.15, 0.2) is 42.6 Å². The zero-order valence-corrected chi connectivity index (χ0v) is 17.1. The third-order valence-corrected chi connectivity index (χ3v) is 5.35. The topological polar surface area (TPSA) is 54.3 Å². The molecule has 1 saturated heterocycles. The fraction of sp³-hybridized carbons (Fsp3) is 0.400. The van der Waals surface area contributed by atoms with Gasteiger partial charge in [-0.1, -0.05) is 13.0 Å². The number of likely N-dealkylation sites (tertiary alicyclic amines) is 1. The Bertz CT molecular complexity index is 787. The van der Waals surface area contributed by atoms with Gasteiger partial charge >= 0.3 is 0 Å². The van der Waals surface area contributed by atoms with Gasteiger partial charge in [-0.15, -0.1) is 0 Å². The Morgan fingerprint density at radius 1 is 1.27 bits per heavy atom. The molecule has 2 aromatic rings. The van der Waals surface area contributed by atoms with Crippen LogP contribution in [0.25, 0.3) is 5.69 Å². The Hall–Kier alpha value is -1.83. The third kappa shape index (κ3) is 4.28. The van der Waals surface area contributed by atoms with Crippen LogP contribution in [-0.4, -0.2) is 40.9 Å². The molecule has 2 amide bonds. The molecule has 26 heavy (non-hydrogen) atoms. The van der Waals surface area contributed by atoms with Crippen molar-refractivity contribution in [3.05, 3.63) is 51.9 Å². The van der Waals surface area contributed by atoms with Gasteiger partial charge in [-0.3, -0.25) is 9.59 Å². The molecular weight excluding hydrogens is 441 g/mol. The molecule has 0 saturated carbocycles. The highest BCUT2D eigenvalue weighted by Gasteiger charge is 2.29. The van der Waals surface area contributed by atoms with Crippen LogP contribution in [0.4, 0.5) is 0 Å². The number of piperidine rings is 1. The standard InChI is InChI=1S/C20H24IN3O2/c1-2-10-22-19(25)15-6-4-11-23(14-15)20(26)18-9-5-12-24(18)17-8-3-7-16(21)13-17/h3,5,7-9,12-13,15H,2,4,6,10-11,14H2,1H3,(H,22,25). The van der Waals surface area contributed by atoms with Crippen LogP contribution in [0, 0.1) is 9.49 Å². The third-order valence-electron chi connectivity index (χ3n) is 4.68. The molecule has 1 N–H and O–H groups in total. The molecule has 138 valence electrons. The minimum absolute atomic E-state index is 0.0122. The fourth-order valence-corrected chi connectivity index (χ4v) is 3.86. The predicted octanol–water partition coefficient (Wildman–Crippen LogP) is 3.46. The molecular formula is C20H24IN3O2. The summed E-state index contributed by atoms with van der Waals surface area (Å²) in [5.74, 6) is -0.0560. The summed E-state index contributed by atoms with van der Waals surface area (Å²) in [4.78, 5) is 27.2. The molecule has 1 aliphatic heterocycles. The van der Waals surface area contributed by atoms with Crippen LogP contribution in [0.2, 0.25) is 0 Å². The summed E-state index contributed by atoms with van der Waals surface area (Å²) in [5, 5.41) is 2.96. The quantitative estimate of drug-likeness (QED) is 0.688. The second kappa shape index (κ2) is 8.70. The average molecular weight is 465 g/mol. The van der Waals surface area contributed by atoms with E-state index in [4.69, 9.17) is 0 Å². The summed E-state index contributed by atoms with van der Waals surface area (Å²) < 4.78 is 3.04. The van der Waals surface area contributed by atoms with E-state index in [0.29, 0.717) is 25.3 Å². The Morgan fingerprint density at radius 2 is 2.12 bits per heavy atom. The normalized spacial score (nSPS) is 17.2. The smallest absolute Gasteiger partial charge is 0.270 e. The first-order valence-corrected chi connectivity index (χ1v) is 10.2. The maximum atomic E-state index is 13.1. The molecule has 1 aliphatic rings. The van der Waals surface area contributed by atoms with E-state index in [1.165, 1.54) is 0 Å². The van der Waals surface area contributed by atoms with Crippen molar-refractivity contribution in [1.82, 2.24) is 14.8 Å². The van der Waals surface area contributed by atoms with Gasteiger partial charge in [-0.25, -0.2) is 0 Å². The van der Waals surface area contributed by atoms with Gasteiger partial charge in [0.25, 0.3) is 5.91 Å². The van der Waals surface area contributed by atoms with E-state index in [2.05, 4.69) is 34.0 Å². The van der Waals surface area contributed by atoms with Crippen LogP contribution in [0.3, 0.4) is 0 Å². The van der Waals surface area contributed by atoms with Crippen molar-refractivity contribution < 1.29 is 9.59 Å². The van der Waals surface area contributed by atoms with Gasteiger partial charge in [0.1, 0.15) is 5.69 Å². The predicted molar refractivity (Wildman–Crippen MR) is 110 cm³/mol. The Labute approximate surface area is 167 Å². The lowest BCUT2D eigenvalue weighted by molar-refractivity contribution is -0.126. The number of nitrogens with zero attached hydrogens (tertiary/aromatic N) is 2. The van der Waals surface area contributed by atoms with Gasteiger partial charge in [0.2, 0.25) is 5.91 Å². The minimum atomic E-state index is -0.111. The van der Waals surface area contributed by atoms with Crippen molar-refractivity contribution >= 4 is 34.4 Å². The van der Waals surface area contributed by atoms with Gasteiger partial charge in [0, 0.05) is 35.1 Å². The number of hydrogen-bond acceptors (Lipinski definition) is 2. The molecule has 0 radical (unpaired) electrons. The van der Waals surface area contributed by atoms with Gasteiger partial charge in [-0.2, -0.15) is 0 Å². The lowest BCUT2D eigenvalue weighted by Gasteiger charge is -2.32. The fourth-order valence-electron chi connectivity index (χ4n) is 3.34. The molecule has 0 aliphatic carbocycles. The lowest BCUT2D eigenvalue weighted by Crippen LogP contribution is -2.46. The van der Waals surface area contributed by atoms with Gasteiger partial charge < -0.3 is 14.8 Å². The summed E-state index contributed by atoms with van der Waals surface area (Å²) >= 11 is 2.27. The highest BCUT2D eigenvalue weighted by Crippen LogP contribution is 2.21. The number of carbonyl (C=O) groups excluding carboxylic acids is 2. The number of halogens is 1. The zero-order valence-electron chi connectivity index (χ0n) is 15.0. The highest BCUT2D eigenvalue weighted by molar-refractivity contribution is 14.1. The molecule has 3 rings (SSSR count). The van der Waals surface area contributed by atoms with E-state index in [1.807, 2.05) is 52.9 Å². The van der Waals surface area contributed by atoms with E-state index >= 15 is 0 Å². The van der Waals surface area contributed by atoms with E-state index in [1.54, 1.807) is 0 Å². The van der Waals surface area contributed by atoms with Crippen molar-refractivity contribution in [3.63, 3.8) is 0 Å². The molecule has 6 heteroatoms. The van der Waals surface area contributed by atoms with Crippen LogP contribution >= 0.6 is 22.6 Å². The summed E-state index contributed by atoms with van der Waals surface area (Å²) in [7, 11) is 0. The van der Waals surface area contributed by atoms with E-state index < -0.39 is 0 Å². The molecule has 1 unspecified atom stereocenters. The molecule has 0 spiro atoms. The second-order valence-electron chi connectivity index (χ2n) is 6.62. The SMILES string of the molecule is CCCNC(=O)C1CCCN(C(=O)c2cccn2-c2cccc(I)c2)C1. The van der Waals surface area contributed by atoms with Crippen LogP contribution in [0.5, 0.6) is 0 Å². The van der Waals surface area contributed by atoms with E-state index in [-0.39, 0.29) is 17.7 Å². The highest BCUT2D eigenvalue weighted by atomic mass is 127. The molecule has 1 fully saturated rings. The molecule has 1 atom stereocenters. The maximum absolute atomic E-state index is 13.1. The minimum Gasteiger partial charge on any atom is -0.356 e. The van der Waals surface area contributed by atoms with Gasteiger partial charge in [-0.05, 0) is 72.2 Å². The Balaban J connectivity index is 1.76. The average Bonchev–Trinajstić information content (AvgIpc) is 3.15. The van der Waals surface area contributed by atoms with Crippen molar-refractivity contribution in [3.8, 4) is 5.69 Å². The monoisotopic (exact) mass is 465 g/mol. The van der Waals surface area contributed by atoms with Crippen LogP contribution in [0.1, 0.15) is 36.7 Å². The van der Waals surface area contributed by atoms with Crippen molar-refractivity contribution in [2.75, 3.05) is 19.6 Å². The summed E-state index contributed by atoms with van der Waals surface area (Å²) in [6, 6.07) is 11.8. The number of aromatic nitrogens is 1. The van der Waals surface area contributed by atoms with Crippen LogP contribution < -0.4 is 5.32 Å². The summed E-state index contributed by atoms with van der Waals surface area (Å²) in [6.45, 7) is 3.93. The zero-order chi connectivity index (χ0) is 18.5. The molecule has 1 aromatic carbocycles. The molecule has 1 aromatic heterocycles. The van der Waals surface area contributed by atoms with E-state index in [9.17, 15) is 9.59 Å². The maximum Gasteiger partial charge on any atom is 0.270 e. The summed E-state index contributed by atoms with van der Waals surface area (Å²) in [6.07, 6.45) is 4.54. The van der Waals surface area contributed by atoms with Crippen molar-refractivity contribution in [2.24, 2.45) is 5.92 Å². The number of rotatable bonds is 5. The van der Waals surface area contributed by atoms with Gasteiger partial charge in [0.15, 0.2) is 0 Å². The number of amides is 2.